The van der Waals surface area contributed by atoms with Crippen molar-refractivity contribution in [3.05, 3.63) is 180 Å². The van der Waals surface area contributed by atoms with Gasteiger partial charge in [0.05, 0.1) is 16.6 Å². The van der Waals surface area contributed by atoms with Gasteiger partial charge in [-0.15, -0.1) is 29.3 Å². The van der Waals surface area contributed by atoms with Crippen molar-refractivity contribution in [1.29, 1.82) is 0 Å². The number of para-hydroxylation sites is 2. The molecule has 63 heavy (non-hydrogen) atoms. The molecule has 10 aromatic rings. The molecule has 0 bridgehead atoms. The number of phenolic OH excluding ortho intramolecular Hbond substituents is 1. The molecule has 0 saturated heterocycles. The fourth-order valence-corrected chi connectivity index (χ4v) is 8.88. The van der Waals surface area contributed by atoms with E-state index < -0.39 is 0 Å². The average molecular weight is 1000 g/mol. The minimum atomic E-state index is -0.367. The number of fused-ring (bicyclic) bond motifs is 5. The summed E-state index contributed by atoms with van der Waals surface area (Å²) >= 11 is 0. The molecule has 316 valence electrons. The minimum Gasteiger partial charge on any atom is -0.507 e. The zero-order valence-electron chi connectivity index (χ0n) is 36.9. The van der Waals surface area contributed by atoms with Gasteiger partial charge in [0, 0.05) is 60.4 Å². The number of hydrogen-bond donors (Lipinski definition) is 1. The molecule has 0 saturated carbocycles. The van der Waals surface area contributed by atoms with Gasteiger partial charge in [-0.2, -0.15) is 0 Å². The summed E-state index contributed by atoms with van der Waals surface area (Å²) in [6.07, 6.45) is 1.94. The third-order valence-electron chi connectivity index (χ3n) is 12.6. The Bertz CT molecular complexity index is 3350. The largest absolute Gasteiger partial charge is 0.507 e. The first-order chi connectivity index (χ1) is 29.6. The number of rotatable bonds is 6. The molecule has 0 fully saturated rings. The predicted molar refractivity (Wildman–Crippen MR) is 256 cm³/mol. The Hall–Kier alpha value is -6.29. The summed E-state index contributed by atoms with van der Waals surface area (Å²) in [7, 11) is 0. The van der Waals surface area contributed by atoms with Crippen molar-refractivity contribution in [3.8, 4) is 45.2 Å². The van der Waals surface area contributed by atoms with E-state index in [9.17, 15) is 5.11 Å². The topological polar surface area (TPSA) is 64.1 Å². The van der Waals surface area contributed by atoms with Crippen LogP contribution in [0, 0.1) is 6.07 Å². The number of pyridine rings is 1. The van der Waals surface area contributed by atoms with Crippen LogP contribution in [0.2, 0.25) is 0 Å². The third kappa shape index (κ3) is 7.37. The van der Waals surface area contributed by atoms with Gasteiger partial charge in [-0.25, -0.2) is 4.98 Å². The van der Waals surface area contributed by atoms with Gasteiger partial charge in [0.15, 0.2) is 0 Å². The van der Waals surface area contributed by atoms with Crippen LogP contribution in [-0.2, 0) is 37.3 Å². The molecule has 6 heteroatoms. The summed E-state index contributed by atoms with van der Waals surface area (Å²) in [5, 5.41) is 16.6. The van der Waals surface area contributed by atoms with Crippen molar-refractivity contribution in [1.82, 2.24) is 14.5 Å². The molecule has 0 spiro atoms. The predicted octanol–water partition coefficient (Wildman–Crippen LogP) is 14.9. The monoisotopic (exact) mass is 1000 g/mol. The van der Waals surface area contributed by atoms with E-state index in [-0.39, 0.29) is 43.1 Å². The van der Waals surface area contributed by atoms with Crippen LogP contribution in [0.4, 0.5) is 0 Å². The Morgan fingerprint density at radius 3 is 1.92 bits per heavy atom. The van der Waals surface area contributed by atoms with Crippen LogP contribution in [0.15, 0.2) is 156 Å². The Morgan fingerprint density at radius 2 is 1.22 bits per heavy atom. The van der Waals surface area contributed by atoms with Gasteiger partial charge in [0.1, 0.15) is 22.7 Å². The van der Waals surface area contributed by atoms with Gasteiger partial charge in [0.25, 0.3) is 0 Å². The van der Waals surface area contributed by atoms with E-state index in [4.69, 9.17) is 14.4 Å². The van der Waals surface area contributed by atoms with Gasteiger partial charge in [-0.05, 0) is 75.2 Å². The van der Waals surface area contributed by atoms with Gasteiger partial charge >= 0.3 is 0 Å². The number of imidazole rings is 1. The van der Waals surface area contributed by atoms with Crippen molar-refractivity contribution in [2.24, 2.45) is 0 Å². The van der Waals surface area contributed by atoms with E-state index in [0.717, 1.165) is 83.1 Å². The third-order valence-corrected chi connectivity index (χ3v) is 12.6. The normalized spacial score (nSPS) is 12.4. The molecule has 0 amide bonds. The fraction of sp³-hybridized carbons (Fsp3) is 0.193. The maximum absolute atomic E-state index is 12.2. The standard InChI is InChI=1S/C57H50N3O2.Pt/c1-55(2,3)40-31-45(53(61)47(32-40)56(4,5)6)54-59-52-43(24-17-25-49(52)60(54)42-22-13-10-14-23-42)37-26-38(28-41(27-37)57(7,8)39-20-11-9-12-21-39)48-33-51-46(34-58-48)44-29-35-18-15-16-19-36(35)30-50(44)62-51;/h9-25,27-34,61H,1-8H3;/q-1;. The first kappa shape index (κ1) is 42.0. The molecule has 7 aromatic carbocycles. The molecular weight excluding hydrogens is 954 g/mol. The molecule has 10 rings (SSSR count). The number of benzene rings is 7. The maximum Gasteiger partial charge on any atom is 0.148 e. The summed E-state index contributed by atoms with van der Waals surface area (Å²) in [5.74, 6) is 0.929. The Labute approximate surface area is 383 Å². The maximum atomic E-state index is 12.2. The van der Waals surface area contributed by atoms with E-state index in [0.29, 0.717) is 11.4 Å². The zero-order chi connectivity index (χ0) is 43.1. The van der Waals surface area contributed by atoms with Crippen molar-refractivity contribution in [2.45, 2.75) is 71.6 Å². The summed E-state index contributed by atoms with van der Waals surface area (Å²) < 4.78 is 8.73. The van der Waals surface area contributed by atoms with Crippen LogP contribution in [0.3, 0.4) is 0 Å². The molecule has 0 atom stereocenters. The molecule has 0 aliphatic rings. The first-order valence-corrected chi connectivity index (χ1v) is 21.5. The molecule has 3 aromatic heterocycles. The quantitative estimate of drug-likeness (QED) is 0.169. The minimum absolute atomic E-state index is 0. The summed E-state index contributed by atoms with van der Waals surface area (Å²) in [6.45, 7) is 17.6. The Balaban J connectivity index is 0.00000504. The first-order valence-electron chi connectivity index (χ1n) is 21.5. The number of furan rings is 1. The number of aromatic hydroxyl groups is 1. The van der Waals surface area contributed by atoms with Crippen LogP contribution >= 0.6 is 0 Å². The van der Waals surface area contributed by atoms with E-state index in [1.807, 2.05) is 24.4 Å². The van der Waals surface area contributed by atoms with Crippen LogP contribution in [0.25, 0.3) is 83.2 Å². The Kier molecular flexibility index (Phi) is 10.3. The van der Waals surface area contributed by atoms with Crippen molar-refractivity contribution in [3.63, 3.8) is 0 Å². The Morgan fingerprint density at radius 1 is 0.571 bits per heavy atom. The van der Waals surface area contributed by atoms with E-state index in [1.54, 1.807) is 0 Å². The second-order valence-corrected chi connectivity index (χ2v) is 19.3. The van der Waals surface area contributed by atoms with Gasteiger partial charge < -0.3 is 9.52 Å². The van der Waals surface area contributed by atoms with Crippen LogP contribution in [0.1, 0.15) is 77.6 Å². The second kappa shape index (κ2) is 15.5. The number of aromatic nitrogens is 3. The molecular formula is C57H50N3O2Pt-. The molecule has 0 unspecified atom stereocenters. The molecule has 0 radical (unpaired) electrons. The van der Waals surface area contributed by atoms with Crippen LogP contribution in [-0.4, -0.2) is 19.6 Å². The van der Waals surface area contributed by atoms with E-state index in [2.05, 4.69) is 193 Å². The molecule has 5 nitrogen and oxygen atoms in total. The van der Waals surface area contributed by atoms with Crippen LogP contribution < -0.4 is 0 Å². The molecule has 3 heterocycles. The SMILES string of the molecule is CC(C)(C)c1cc(-c2nc3c(-c4[c-]c(-c5cc6oc7cc8ccccc8cc7c6cn5)cc(C(C)(C)c5ccccc5)c4)cccc3n2-c2ccccc2)c(O)c(C(C)(C)C)c1.[Pt]. The van der Waals surface area contributed by atoms with Gasteiger partial charge in [0.2, 0.25) is 0 Å². The van der Waals surface area contributed by atoms with E-state index >= 15 is 0 Å². The van der Waals surface area contributed by atoms with Gasteiger partial charge in [-0.3, -0.25) is 9.55 Å². The van der Waals surface area contributed by atoms with Crippen molar-refractivity contribution >= 4 is 43.7 Å². The van der Waals surface area contributed by atoms with Crippen molar-refractivity contribution in [2.75, 3.05) is 0 Å². The smallest absolute Gasteiger partial charge is 0.148 e. The number of nitrogens with zero attached hydrogens (tertiary/aromatic N) is 3. The molecule has 0 aliphatic carbocycles. The summed E-state index contributed by atoms with van der Waals surface area (Å²) in [4.78, 5) is 10.6. The molecule has 1 N–H and O–H groups in total. The van der Waals surface area contributed by atoms with Crippen LogP contribution in [0.5, 0.6) is 5.75 Å². The van der Waals surface area contributed by atoms with E-state index in [1.165, 1.54) is 10.9 Å². The number of phenols is 1. The van der Waals surface area contributed by atoms with Gasteiger partial charge in [-0.1, -0.05) is 158 Å². The van der Waals surface area contributed by atoms with Crippen molar-refractivity contribution < 1.29 is 30.6 Å². The fourth-order valence-electron chi connectivity index (χ4n) is 8.88. The summed E-state index contributed by atoms with van der Waals surface area (Å²) in [5.41, 5.74) is 12.0. The summed E-state index contributed by atoms with van der Waals surface area (Å²) in [6, 6.07) is 54.6. The molecule has 0 aliphatic heterocycles. The average Bonchev–Trinajstić information content (AvgIpc) is 3.83. The second-order valence-electron chi connectivity index (χ2n) is 19.3. The number of hydrogen-bond acceptors (Lipinski definition) is 4. The zero-order valence-corrected chi connectivity index (χ0v) is 39.2.